The summed E-state index contributed by atoms with van der Waals surface area (Å²) in [5, 5.41) is 3.06. The number of rotatable bonds is 4. The molecule has 4 nitrogen and oxygen atoms in total. The van der Waals surface area contributed by atoms with Crippen LogP contribution in [0.1, 0.15) is 27.2 Å². The molecule has 84 valence electrons. The first-order valence-corrected chi connectivity index (χ1v) is 5.22. The molecule has 2 amide bonds. The molecule has 0 aromatic heterocycles. The molecular weight excluding hydrogens is 192 g/mol. The predicted octanol–water partition coefficient (Wildman–Crippen LogP) is 0.686. The fourth-order valence-corrected chi connectivity index (χ4v) is 1.71. The van der Waals surface area contributed by atoms with Crippen LogP contribution in [0.25, 0.3) is 0 Å². The average Bonchev–Trinajstić information content (AvgIpc) is 2.41. The van der Waals surface area contributed by atoms with Gasteiger partial charge in [0.1, 0.15) is 0 Å². The summed E-state index contributed by atoms with van der Waals surface area (Å²) in [5.74, 6) is -0.215. The Morgan fingerprint density at radius 1 is 1.47 bits per heavy atom. The van der Waals surface area contributed by atoms with E-state index in [0.29, 0.717) is 0 Å². The Bertz CT molecular complexity index is 286. The molecule has 2 unspecified atom stereocenters. The summed E-state index contributed by atoms with van der Waals surface area (Å²) in [7, 11) is 0. The molecule has 0 aromatic carbocycles. The molecule has 0 aliphatic carbocycles. The third-order valence-corrected chi connectivity index (χ3v) is 2.52. The molecule has 1 heterocycles. The van der Waals surface area contributed by atoms with Crippen molar-refractivity contribution in [1.82, 2.24) is 10.2 Å². The molecule has 0 spiro atoms. The molecule has 1 aliphatic rings. The van der Waals surface area contributed by atoms with Crippen LogP contribution in [0.5, 0.6) is 0 Å². The van der Waals surface area contributed by atoms with Gasteiger partial charge in [-0.3, -0.25) is 19.8 Å². The maximum atomic E-state index is 11.8. The number of hydrogen-bond acceptors (Lipinski definition) is 3. The highest BCUT2D eigenvalue weighted by Gasteiger charge is 2.39. The second-order valence-corrected chi connectivity index (χ2v) is 4.14. The summed E-state index contributed by atoms with van der Waals surface area (Å²) in [6, 6.07) is -0.400. The number of carbonyl (C=O) groups is 2. The van der Waals surface area contributed by atoms with Crippen LogP contribution in [0.2, 0.25) is 0 Å². The van der Waals surface area contributed by atoms with E-state index in [1.165, 1.54) is 4.90 Å². The van der Waals surface area contributed by atoms with E-state index in [-0.39, 0.29) is 36.4 Å². The lowest BCUT2D eigenvalue weighted by Crippen LogP contribution is -2.44. The van der Waals surface area contributed by atoms with Gasteiger partial charge in [-0.05, 0) is 20.8 Å². The minimum absolute atomic E-state index is 0.0406. The van der Waals surface area contributed by atoms with Crippen molar-refractivity contribution in [3.05, 3.63) is 12.7 Å². The number of nitrogens with zero attached hydrogens (tertiary/aromatic N) is 1. The molecule has 0 radical (unpaired) electrons. The van der Waals surface area contributed by atoms with Gasteiger partial charge in [-0.1, -0.05) is 6.08 Å². The molecule has 1 fully saturated rings. The Morgan fingerprint density at radius 2 is 2.07 bits per heavy atom. The van der Waals surface area contributed by atoms with Crippen LogP contribution in [0.4, 0.5) is 0 Å². The van der Waals surface area contributed by atoms with Crippen molar-refractivity contribution >= 4 is 11.8 Å². The van der Waals surface area contributed by atoms with Gasteiger partial charge in [-0.15, -0.1) is 6.58 Å². The molecule has 4 heteroatoms. The fourth-order valence-electron chi connectivity index (χ4n) is 1.71. The highest BCUT2D eigenvalue weighted by Crippen LogP contribution is 2.16. The first kappa shape index (κ1) is 11.9. The van der Waals surface area contributed by atoms with Gasteiger partial charge in [0.15, 0.2) is 0 Å². The van der Waals surface area contributed by atoms with Crippen molar-refractivity contribution in [3.8, 4) is 0 Å². The van der Waals surface area contributed by atoms with E-state index in [9.17, 15) is 9.59 Å². The van der Waals surface area contributed by atoms with Crippen LogP contribution in [-0.4, -0.2) is 34.8 Å². The number of carbonyl (C=O) groups excluding carboxylic acids is 2. The molecule has 2 atom stereocenters. The predicted molar refractivity (Wildman–Crippen MR) is 58.2 cm³/mol. The quantitative estimate of drug-likeness (QED) is 0.548. The van der Waals surface area contributed by atoms with Gasteiger partial charge in [0, 0.05) is 12.1 Å². The van der Waals surface area contributed by atoms with Gasteiger partial charge in [0.25, 0.3) is 0 Å². The second kappa shape index (κ2) is 4.57. The fraction of sp³-hybridized carbons (Fsp3) is 0.636. The maximum Gasteiger partial charge on any atom is 0.247 e. The van der Waals surface area contributed by atoms with Crippen molar-refractivity contribution < 1.29 is 9.59 Å². The molecule has 1 N–H and O–H groups in total. The first-order chi connectivity index (χ1) is 6.97. The number of hydrogen-bond donors (Lipinski definition) is 1. The maximum absolute atomic E-state index is 11.8. The van der Waals surface area contributed by atoms with E-state index >= 15 is 0 Å². The molecule has 0 saturated carbocycles. The van der Waals surface area contributed by atoms with E-state index in [4.69, 9.17) is 0 Å². The van der Waals surface area contributed by atoms with Gasteiger partial charge < -0.3 is 0 Å². The number of likely N-dealkylation sites (tertiary alicyclic amines) is 1. The Balaban J connectivity index is 2.69. The summed E-state index contributed by atoms with van der Waals surface area (Å²) >= 11 is 0. The zero-order valence-electron chi connectivity index (χ0n) is 9.49. The molecule has 1 aliphatic heterocycles. The lowest BCUT2D eigenvalue weighted by atomic mass is 10.2. The van der Waals surface area contributed by atoms with Gasteiger partial charge in [0.05, 0.1) is 12.5 Å². The lowest BCUT2D eigenvalue weighted by Gasteiger charge is -2.20. The topological polar surface area (TPSA) is 49.4 Å². The van der Waals surface area contributed by atoms with Crippen molar-refractivity contribution in [2.75, 3.05) is 0 Å². The summed E-state index contributed by atoms with van der Waals surface area (Å²) in [6.07, 6.45) is 1.98. The zero-order valence-corrected chi connectivity index (χ0v) is 9.49. The molecule has 1 rings (SSSR count). The van der Waals surface area contributed by atoms with Crippen molar-refractivity contribution in [2.24, 2.45) is 0 Å². The Kier molecular flexibility index (Phi) is 3.63. The summed E-state index contributed by atoms with van der Waals surface area (Å²) in [4.78, 5) is 24.7. The van der Waals surface area contributed by atoms with E-state index in [1.807, 2.05) is 20.8 Å². The van der Waals surface area contributed by atoms with Gasteiger partial charge in [0.2, 0.25) is 11.8 Å². The average molecular weight is 210 g/mol. The summed E-state index contributed by atoms with van der Waals surface area (Å²) in [6.45, 7) is 9.22. The van der Waals surface area contributed by atoms with Crippen molar-refractivity contribution in [3.63, 3.8) is 0 Å². The summed E-state index contributed by atoms with van der Waals surface area (Å²) < 4.78 is 0. The second-order valence-electron chi connectivity index (χ2n) is 4.14. The van der Waals surface area contributed by atoms with Crippen LogP contribution in [0.3, 0.4) is 0 Å². The first-order valence-electron chi connectivity index (χ1n) is 5.22. The molecule has 0 aromatic rings. The highest BCUT2D eigenvalue weighted by atomic mass is 16.2. The van der Waals surface area contributed by atoms with Gasteiger partial charge in [-0.25, -0.2) is 0 Å². The molecule has 1 saturated heterocycles. The van der Waals surface area contributed by atoms with E-state index in [2.05, 4.69) is 11.9 Å². The third-order valence-electron chi connectivity index (χ3n) is 2.52. The minimum atomic E-state index is -0.382. The largest absolute Gasteiger partial charge is 0.299 e. The normalized spacial score (nSPS) is 23.7. The van der Waals surface area contributed by atoms with E-state index in [0.717, 1.165) is 0 Å². The molecular formula is C11H18N2O2. The smallest absolute Gasteiger partial charge is 0.247 e. The summed E-state index contributed by atoms with van der Waals surface area (Å²) in [5.41, 5.74) is 0. The van der Waals surface area contributed by atoms with Crippen LogP contribution in [0, 0.1) is 0 Å². The SMILES string of the molecule is C=CC(C)NC1CC(=O)N(C(C)C)C1=O. The highest BCUT2D eigenvalue weighted by molar-refractivity contribution is 6.05. The van der Waals surface area contributed by atoms with Gasteiger partial charge >= 0.3 is 0 Å². The van der Waals surface area contributed by atoms with Crippen LogP contribution in [-0.2, 0) is 9.59 Å². The lowest BCUT2D eigenvalue weighted by molar-refractivity contribution is -0.140. The Morgan fingerprint density at radius 3 is 2.47 bits per heavy atom. The number of imide groups is 1. The minimum Gasteiger partial charge on any atom is -0.299 e. The number of nitrogens with one attached hydrogen (secondary N) is 1. The van der Waals surface area contributed by atoms with Crippen LogP contribution in [0.15, 0.2) is 12.7 Å². The van der Waals surface area contributed by atoms with Crippen LogP contribution >= 0.6 is 0 Å². The molecule has 0 bridgehead atoms. The van der Waals surface area contributed by atoms with Gasteiger partial charge in [-0.2, -0.15) is 0 Å². The van der Waals surface area contributed by atoms with E-state index < -0.39 is 0 Å². The zero-order chi connectivity index (χ0) is 11.6. The third kappa shape index (κ3) is 2.45. The Labute approximate surface area is 90.3 Å². The Hall–Kier alpha value is -1.16. The van der Waals surface area contributed by atoms with E-state index in [1.54, 1.807) is 6.08 Å². The van der Waals surface area contributed by atoms with Crippen LogP contribution < -0.4 is 5.32 Å². The molecule has 15 heavy (non-hydrogen) atoms. The van der Waals surface area contributed by atoms with Crippen molar-refractivity contribution in [1.29, 1.82) is 0 Å². The van der Waals surface area contributed by atoms with Crippen molar-refractivity contribution in [2.45, 2.75) is 45.3 Å². The monoisotopic (exact) mass is 210 g/mol. The number of amides is 2. The standard InChI is InChI=1S/C11H18N2O2/c1-5-8(4)12-9-6-10(14)13(7(2)3)11(9)15/h5,7-9,12H,1,6H2,2-4H3.